The summed E-state index contributed by atoms with van der Waals surface area (Å²) in [7, 11) is 0. The van der Waals surface area contributed by atoms with Gasteiger partial charge in [-0.2, -0.15) is 0 Å². The van der Waals surface area contributed by atoms with Gasteiger partial charge in [-0.15, -0.1) is 0 Å². The van der Waals surface area contributed by atoms with Gasteiger partial charge in [-0.1, -0.05) is 18.9 Å². The van der Waals surface area contributed by atoms with Crippen LogP contribution in [0.1, 0.15) is 58.1 Å². The molecule has 1 aromatic heterocycles. The Morgan fingerprint density at radius 3 is 1.75 bits per heavy atom. The van der Waals surface area contributed by atoms with Crippen molar-refractivity contribution in [3.8, 4) is 0 Å². The SMILES string of the molecule is [2H]c1cc([2H])c(C([2H])([2H])N2CCCCC2)nc1C([2H])([2H])N1CCCCC1. The average molecular weight is 279 g/mol. The predicted octanol–water partition coefficient (Wildman–Crippen LogP) is 3.05. The second kappa shape index (κ2) is 7.19. The van der Waals surface area contributed by atoms with Crippen LogP contribution in [0.25, 0.3) is 0 Å². The Morgan fingerprint density at radius 1 is 0.850 bits per heavy atom. The fourth-order valence-corrected chi connectivity index (χ4v) is 2.77. The first-order valence-corrected chi connectivity index (χ1v) is 7.74. The molecule has 3 heteroatoms. The molecule has 1 aromatic rings. The summed E-state index contributed by atoms with van der Waals surface area (Å²) < 4.78 is 50.4. The summed E-state index contributed by atoms with van der Waals surface area (Å²) in [6, 6.07) is 0.967. The van der Waals surface area contributed by atoms with Gasteiger partial charge >= 0.3 is 0 Å². The van der Waals surface area contributed by atoms with Gasteiger partial charge < -0.3 is 0 Å². The molecule has 0 aliphatic carbocycles. The van der Waals surface area contributed by atoms with Crippen LogP contribution in [0.15, 0.2) is 18.2 Å². The molecule has 2 fully saturated rings. The first-order chi connectivity index (χ1) is 12.2. The molecule has 0 atom stereocenters. The Hall–Kier alpha value is -0.930. The molecule has 0 bridgehead atoms. The molecule has 0 radical (unpaired) electrons. The highest BCUT2D eigenvalue weighted by Gasteiger charge is 2.13. The molecule has 0 spiro atoms. The Balaban J connectivity index is 1.98. The van der Waals surface area contributed by atoms with Crippen LogP contribution in [0.3, 0.4) is 0 Å². The van der Waals surface area contributed by atoms with Gasteiger partial charge in [-0.05, 0) is 63.9 Å². The first kappa shape index (κ1) is 8.50. The number of hydrogen-bond donors (Lipinski definition) is 0. The van der Waals surface area contributed by atoms with Crippen molar-refractivity contribution in [2.75, 3.05) is 26.2 Å². The molecule has 2 saturated heterocycles. The van der Waals surface area contributed by atoms with E-state index in [1.54, 1.807) is 9.80 Å². The van der Waals surface area contributed by atoms with Crippen molar-refractivity contribution >= 4 is 0 Å². The molecular weight excluding hydrogens is 246 g/mol. The molecule has 0 amide bonds. The molecule has 110 valence electrons. The average Bonchev–Trinajstić information content (AvgIpc) is 2.62. The lowest BCUT2D eigenvalue weighted by molar-refractivity contribution is 0.213. The number of nitrogens with zero attached hydrogens (tertiary/aromatic N) is 3. The van der Waals surface area contributed by atoms with Crippen molar-refractivity contribution in [3.05, 3.63) is 29.5 Å². The lowest BCUT2D eigenvalue weighted by Gasteiger charge is -2.27. The molecule has 3 nitrogen and oxygen atoms in total. The van der Waals surface area contributed by atoms with E-state index in [-0.39, 0.29) is 23.5 Å². The van der Waals surface area contributed by atoms with Crippen LogP contribution >= 0.6 is 0 Å². The smallest absolute Gasteiger partial charge is 0.0642 e. The Labute approximate surface area is 131 Å². The Morgan fingerprint density at radius 2 is 1.30 bits per heavy atom. The summed E-state index contributed by atoms with van der Waals surface area (Å²) >= 11 is 0. The summed E-state index contributed by atoms with van der Waals surface area (Å²) in [5, 5.41) is 0. The zero-order valence-corrected chi connectivity index (χ0v) is 12.0. The van der Waals surface area contributed by atoms with Gasteiger partial charge in [-0.25, -0.2) is 0 Å². The van der Waals surface area contributed by atoms with Crippen molar-refractivity contribution in [1.29, 1.82) is 0 Å². The zero-order valence-electron chi connectivity index (χ0n) is 18.0. The quantitative estimate of drug-likeness (QED) is 0.844. The van der Waals surface area contributed by atoms with E-state index in [9.17, 15) is 0 Å². The molecular formula is C17H27N3. The summed E-state index contributed by atoms with van der Waals surface area (Å²) in [6.45, 7) is -1.46. The molecule has 2 aliphatic rings. The third-order valence-electron chi connectivity index (χ3n) is 3.88. The van der Waals surface area contributed by atoms with Gasteiger partial charge in [-0.3, -0.25) is 14.8 Å². The van der Waals surface area contributed by atoms with Crippen LogP contribution in [0, 0.1) is 0 Å². The first-order valence-electron chi connectivity index (χ1n) is 10.7. The normalized spacial score (nSPS) is 27.8. The third-order valence-corrected chi connectivity index (χ3v) is 3.88. The van der Waals surface area contributed by atoms with Crippen molar-refractivity contribution in [1.82, 2.24) is 14.8 Å². The van der Waals surface area contributed by atoms with Crippen LogP contribution in [-0.2, 0) is 13.0 Å². The third kappa shape index (κ3) is 4.03. The summed E-state index contributed by atoms with van der Waals surface area (Å²) in [4.78, 5) is 7.62. The standard InChI is InChI=1S/C17H27N3/c1-3-10-19(11-4-1)14-16-8-7-9-17(18-16)15-20-12-5-2-6-13-20/h7-9H,1-6,10-15H2/i8D,9D,14D2,15D2. The summed E-state index contributed by atoms with van der Waals surface area (Å²) in [6.07, 6.45) is 5.77. The number of rotatable bonds is 4. The minimum atomic E-state index is -1.93. The van der Waals surface area contributed by atoms with Crippen LogP contribution < -0.4 is 0 Å². The van der Waals surface area contributed by atoms with Crippen LogP contribution in [0.5, 0.6) is 0 Å². The van der Waals surface area contributed by atoms with Gasteiger partial charge in [0.05, 0.1) is 14.1 Å². The minimum Gasteiger partial charge on any atom is -0.298 e. The number of pyridine rings is 1. The maximum absolute atomic E-state index is 8.53. The maximum Gasteiger partial charge on any atom is 0.0642 e. The molecule has 20 heavy (non-hydrogen) atoms. The summed E-state index contributed by atoms with van der Waals surface area (Å²) in [5.74, 6) is 0. The van der Waals surface area contributed by atoms with Gasteiger partial charge in [0, 0.05) is 18.5 Å². The molecule has 0 saturated carbocycles. The van der Waals surface area contributed by atoms with Gasteiger partial charge in [0.15, 0.2) is 0 Å². The van der Waals surface area contributed by atoms with E-state index in [2.05, 4.69) is 4.98 Å². The van der Waals surface area contributed by atoms with Gasteiger partial charge in [0.25, 0.3) is 0 Å². The molecule has 2 aliphatic heterocycles. The Kier molecular flexibility index (Phi) is 3.05. The minimum absolute atomic E-state index is 0.0775. The number of aromatic nitrogens is 1. The molecule has 3 heterocycles. The lowest BCUT2D eigenvalue weighted by atomic mass is 10.1. The van der Waals surface area contributed by atoms with E-state index in [0.717, 1.165) is 38.5 Å². The highest BCUT2D eigenvalue weighted by atomic mass is 15.1. The van der Waals surface area contributed by atoms with Gasteiger partial charge in [0.1, 0.15) is 0 Å². The van der Waals surface area contributed by atoms with E-state index in [4.69, 9.17) is 8.22 Å². The van der Waals surface area contributed by atoms with Crippen molar-refractivity contribution in [3.63, 3.8) is 0 Å². The van der Waals surface area contributed by atoms with Crippen LogP contribution in [0.4, 0.5) is 0 Å². The van der Waals surface area contributed by atoms with E-state index < -0.39 is 13.0 Å². The number of likely N-dealkylation sites (tertiary alicyclic amines) is 2. The van der Waals surface area contributed by atoms with Crippen molar-refractivity contribution < 1.29 is 8.22 Å². The second-order valence-corrected chi connectivity index (χ2v) is 5.56. The number of hydrogen-bond acceptors (Lipinski definition) is 3. The van der Waals surface area contributed by atoms with Crippen molar-refractivity contribution in [2.24, 2.45) is 0 Å². The zero-order chi connectivity index (χ0) is 18.9. The maximum atomic E-state index is 8.53. The highest BCUT2D eigenvalue weighted by molar-refractivity contribution is 5.11. The molecule has 0 N–H and O–H groups in total. The van der Waals surface area contributed by atoms with E-state index in [1.807, 2.05) is 0 Å². The predicted molar refractivity (Wildman–Crippen MR) is 82.5 cm³/mol. The molecule has 0 unspecified atom stereocenters. The highest BCUT2D eigenvalue weighted by Crippen LogP contribution is 2.14. The monoisotopic (exact) mass is 279 g/mol. The van der Waals surface area contributed by atoms with Crippen LogP contribution in [-0.4, -0.2) is 41.0 Å². The second-order valence-electron chi connectivity index (χ2n) is 5.56. The molecule has 0 aromatic carbocycles. The fourth-order valence-electron chi connectivity index (χ4n) is 2.77. The van der Waals surface area contributed by atoms with Gasteiger partial charge in [0.2, 0.25) is 0 Å². The molecule has 3 rings (SSSR count). The Bertz CT molecular complexity index is 588. The number of piperidine rings is 2. The fraction of sp³-hybridized carbons (Fsp3) is 0.706. The largest absolute Gasteiger partial charge is 0.298 e. The lowest BCUT2D eigenvalue weighted by Crippen LogP contribution is -2.30. The topological polar surface area (TPSA) is 19.4 Å². The summed E-state index contributed by atoms with van der Waals surface area (Å²) in [5.41, 5.74) is -0.155. The van der Waals surface area contributed by atoms with E-state index >= 15 is 0 Å². The van der Waals surface area contributed by atoms with Crippen LogP contribution in [0.2, 0.25) is 0 Å². The van der Waals surface area contributed by atoms with Crippen molar-refractivity contribution in [2.45, 2.75) is 51.5 Å². The van der Waals surface area contributed by atoms with E-state index in [0.29, 0.717) is 26.2 Å². The van der Waals surface area contributed by atoms with E-state index in [1.165, 1.54) is 6.07 Å².